The van der Waals surface area contributed by atoms with E-state index in [2.05, 4.69) is 29.4 Å². The van der Waals surface area contributed by atoms with Gasteiger partial charge in [0.2, 0.25) is 0 Å². The topological polar surface area (TPSA) is 54.4 Å². The molecule has 0 saturated heterocycles. The van der Waals surface area contributed by atoms with Crippen LogP contribution in [0, 0.1) is 5.92 Å². The summed E-state index contributed by atoms with van der Waals surface area (Å²) in [6, 6.07) is 17.0. The fourth-order valence-electron chi connectivity index (χ4n) is 2.97. The fraction of sp³-hybridized carbons (Fsp3) is 0.227. The van der Waals surface area contributed by atoms with Crippen molar-refractivity contribution in [1.29, 1.82) is 0 Å². The van der Waals surface area contributed by atoms with Crippen molar-refractivity contribution in [2.24, 2.45) is 11.0 Å². The number of nitrogens with zero attached hydrogens (tertiary/aromatic N) is 2. The van der Waals surface area contributed by atoms with E-state index in [1.165, 1.54) is 0 Å². The van der Waals surface area contributed by atoms with Crippen molar-refractivity contribution < 1.29 is 4.79 Å². The molecule has 27 heavy (non-hydrogen) atoms. The molecule has 138 valence electrons. The van der Waals surface area contributed by atoms with E-state index in [1.54, 1.807) is 18.3 Å². The molecule has 0 saturated carbocycles. The highest BCUT2D eigenvalue weighted by Crippen LogP contribution is 2.29. The van der Waals surface area contributed by atoms with E-state index in [9.17, 15) is 4.79 Å². The molecule has 1 N–H and O–H groups in total. The van der Waals surface area contributed by atoms with Gasteiger partial charge in [-0.15, -0.1) is 0 Å². The van der Waals surface area contributed by atoms with Crippen molar-refractivity contribution in [1.82, 2.24) is 10.4 Å². The molecular weight excluding hydrogens is 358 g/mol. The van der Waals surface area contributed by atoms with Crippen LogP contribution < -0.4 is 5.43 Å². The van der Waals surface area contributed by atoms with E-state index < -0.39 is 0 Å². The Morgan fingerprint density at radius 3 is 2.74 bits per heavy atom. The second-order valence-corrected chi connectivity index (χ2v) is 6.95. The van der Waals surface area contributed by atoms with Crippen molar-refractivity contribution in [2.75, 3.05) is 0 Å². The highest BCUT2D eigenvalue weighted by molar-refractivity contribution is 6.35. The number of amides is 1. The number of hydrogen-bond donors (Lipinski definition) is 1. The lowest BCUT2D eigenvalue weighted by Crippen LogP contribution is -2.19. The molecule has 1 atom stereocenters. The van der Waals surface area contributed by atoms with E-state index >= 15 is 0 Å². The normalized spacial score (nSPS) is 12.4. The molecule has 0 spiro atoms. The number of rotatable bonds is 6. The molecule has 3 aromatic rings. The van der Waals surface area contributed by atoms with Crippen molar-refractivity contribution >= 4 is 34.6 Å². The Morgan fingerprint density at radius 1 is 1.22 bits per heavy atom. The lowest BCUT2D eigenvalue weighted by molar-refractivity contribution is 0.0956. The highest BCUT2D eigenvalue weighted by atomic mass is 35.5. The molecule has 0 aliphatic rings. The number of para-hydroxylation sites is 1. The maximum Gasteiger partial charge on any atom is 0.272 e. The Hall–Kier alpha value is -2.72. The van der Waals surface area contributed by atoms with E-state index in [0.717, 1.165) is 18.4 Å². The van der Waals surface area contributed by atoms with Gasteiger partial charge in [-0.1, -0.05) is 74.3 Å². The summed E-state index contributed by atoms with van der Waals surface area (Å²) < 4.78 is 0. The summed E-state index contributed by atoms with van der Waals surface area (Å²) in [7, 11) is 0. The second-order valence-electron chi connectivity index (χ2n) is 6.54. The summed E-state index contributed by atoms with van der Waals surface area (Å²) in [5.74, 6) is 0.0422. The van der Waals surface area contributed by atoms with Gasteiger partial charge in [0.1, 0.15) is 0 Å². The zero-order valence-corrected chi connectivity index (χ0v) is 16.2. The lowest BCUT2D eigenvalue weighted by Gasteiger charge is -2.10. The van der Waals surface area contributed by atoms with Crippen molar-refractivity contribution in [2.45, 2.75) is 26.7 Å². The summed E-state index contributed by atoms with van der Waals surface area (Å²) in [6.45, 7) is 4.20. The lowest BCUT2D eigenvalue weighted by atomic mass is 10.0. The molecule has 3 rings (SSSR count). The molecule has 1 aromatic heterocycles. The number of hydrogen-bond acceptors (Lipinski definition) is 3. The standard InChI is InChI=1S/C22H22ClN3O/c1-3-8-15(2)14-24-26-22(27)18-13-20(16-9-5-4-6-10-16)25-21-17(18)11-7-12-19(21)23/h4-7,9-15H,3,8H2,1-2H3,(H,26,27)/b24-14+. The van der Waals surface area contributed by atoms with Crippen LogP contribution in [0.25, 0.3) is 22.2 Å². The summed E-state index contributed by atoms with van der Waals surface area (Å²) >= 11 is 6.35. The van der Waals surface area contributed by atoms with Gasteiger partial charge in [-0.25, -0.2) is 10.4 Å². The Balaban J connectivity index is 2.00. The Labute approximate surface area is 164 Å². The quantitative estimate of drug-likeness (QED) is 0.440. The van der Waals surface area contributed by atoms with Gasteiger partial charge in [-0.05, 0) is 24.5 Å². The third kappa shape index (κ3) is 4.52. The van der Waals surface area contributed by atoms with E-state index in [1.807, 2.05) is 42.5 Å². The number of halogens is 1. The molecule has 1 unspecified atom stereocenters. The highest BCUT2D eigenvalue weighted by Gasteiger charge is 2.15. The summed E-state index contributed by atoms with van der Waals surface area (Å²) in [6.07, 6.45) is 3.89. The first-order valence-electron chi connectivity index (χ1n) is 9.08. The number of aromatic nitrogens is 1. The average molecular weight is 380 g/mol. The van der Waals surface area contributed by atoms with Gasteiger partial charge in [0.05, 0.1) is 21.8 Å². The van der Waals surface area contributed by atoms with Crippen LogP contribution in [0.2, 0.25) is 5.02 Å². The number of pyridine rings is 1. The van der Waals surface area contributed by atoms with Gasteiger partial charge in [0.25, 0.3) is 5.91 Å². The minimum atomic E-state index is -0.276. The Bertz CT molecular complexity index is 970. The van der Waals surface area contributed by atoms with Crippen LogP contribution in [-0.4, -0.2) is 17.1 Å². The first-order chi connectivity index (χ1) is 13.1. The molecule has 5 heteroatoms. The summed E-state index contributed by atoms with van der Waals surface area (Å²) in [5, 5.41) is 5.34. The molecule has 4 nitrogen and oxygen atoms in total. The average Bonchev–Trinajstić information content (AvgIpc) is 2.68. The molecule has 0 aliphatic heterocycles. The first kappa shape index (κ1) is 19.1. The smallest absolute Gasteiger partial charge is 0.267 e. The summed E-state index contributed by atoms with van der Waals surface area (Å²) in [5.41, 5.74) is 5.37. The molecular formula is C22H22ClN3O. The fourth-order valence-corrected chi connectivity index (χ4v) is 3.19. The minimum Gasteiger partial charge on any atom is -0.267 e. The monoisotopic (exact) mass is 379 g/mol. The Kier molecular flexibility index (Phi) is 6.20. The van der Waals surface area contributed by atoms with Crippen LogP contribution in [0.15, 0.2) is 59.7 Å². The largest absolute Gasteiger partial charge is 0.272 e. The number of benzene rings is 2. The van der Waals surface area contributed by atoms with Crippen molar-refractivity contribution in [3.63, 3.8) is 0 Å². The van der Waals surface area contributed by atoms with E-state index in [0.29, 0.717) is 33.1 Å². The number of fused-ring (bicyclic) bond motifs is 1. The minimum absolute atomic E-state index is 0.276. The molecule has 1 amide bonds. The predicted molar refractivity (Wildman–Crippen MR) is 112 cm³/mol. The molecule has 1 heterocycles. The third-order valence-corrected chi connectivity index (χ3v) is 4.65. The first-order valence-corrected chi connectivity index (χ1v) is 9.46. The van der Waals surface area contributed by atoms with Gasteiger partial charge >= 0.3 is 0 Å². The van der Waals surface area contributed by atoms with E-state index in [-0.39, 0.29) is 5.91 Å². The third-order valence-electron chi connectivity index (χ3n) is 4.34. The number of hydrazone groups is 1. The molecule has 2 aromatic carbocycles. The Morgan fingerprint density at radius 2 is 2.00 bits per heavy atom. The van der Waals surface area contributed by atoms with Crippen LogP contribution >= 0.6 is 11.6 Å². The molecule has 0 radical (unpaired) electrons. The maximum absolute atomic E-state index is 12.8. The van der Waals surface area contributed by atoms with Gasteiger partial charge in [0.15, 0.2) is 0 Å². The van der Waals surface area contributed by atoms with Crippen molar-refractivity contribution in [3.05, 3.63) is 65.2 Å². The SMILES string of the molecule is CCCC(C)/C=N/NC(=O)c1cc(-c2ccccc2)nc2c(Cl)cccc12. The second kappa shape index (κ2) is 8.78. The molecule has 0 aliphatic carbocycles. The van der Waals surface area contributed by atoms with Crippen molar-refractivity contribution in [3.8, 4) is 11.3 Å². The molecule has 0 bridgehead atoms. The van der Waals surface area contributed by atoms with Crippen LogP contribution in [-0.2, 0) is 0 Å². The maximum atomic E-state index is 12.8. The van der Waals surface area contributed by atoms with Gasteiger partial charge in [-0.3, -0.25) is 4.79 Å². The summed E-state index contributed by atoms with van der Waals surface area (Å²) in [4.78, 5) is 17.5. The molecule has 0 fully saturated rings. The predicted octanol–water partition coefficient (Wildman–Crippen LogP) is 5.71. The zero-order chi connectivity index (χ0) is 19.2. The van der Waals surface area contributed by atoms with Crippen LogP contribution in [0.1, 0.15) is 37.0 Å². The zero-order valence-electron chi connectivity index (χ0n) is 15.4. The van der Waals surface area contributed by atoms with Crippen LogP contribution in [0.3, 0.4) is 0 Å². The van der Waals surface area contributed by atoms with Gasteiger partial charge in [0, 0.05) is 17.2 Å². The number of carbonyl (C=O) groups is 1. The number of carbonyl (C=O) groups excluding carboxylic acids is 1. The van der Waals surface area contributed by atoms with Crippen LogP contribution in [0.5, 0.6) is 0 Å². The van der Waals surface area contributed by atoms with Gasteiger partial charge < -0.3 is 0 Å². The number of nitrogens with one attached hydrogen (secondary N) is 1. The van der Waals surface area contributed by atoms with Crippen LogP contribution in [0.4, 0.5) is 0 Å². The van der Waals surface area contributed by atoms with Gasteiger partial charge in [-0.2, -0.15) is 5.10 Å². The van der Waals surface area contributed by atoms with E-state index in [4.69, 9.17) is 11.6 Å².